The first-order valence-corrected chi connectivity index (χ1v) is 23.2. The van der Waals surface area contributed by atoms with Crippen molar-refractivity contribution in [2.75, 3.05) is 0 Å². The lowest BCUT2D eigenvalue weighted by atomic mass is 10.0. The molecule has 0 N–H and O–H groups in total. The van der Waals surface area contributed by atoms with E-state index in [-0.39, 0.29) is 0 Å². The summed E-state index contributed by atoms with van der Waals surface area (Å²) >= 11 is 3.66. The third kappa shape index (κ3) is 5.24. The Morgan fingerprint density at radius 3 is 2.05 bits per heavy atom. The molecule has 63 heavy (non-hydrogen) atoms. The molecule has 0 bridgehead atoms. The van der Waals surface area contributed by atoms with Gasteiger partial charge in [-0.15, -0.1) is 22.7 Å². The van der Waals surface area contributed by atoms with Crippen molar-refractivity contribution >= 4 is 107 Å². The van der Waals surface area contributed by atoms with Crippen LogP contribution in [0.1, 0.15) is 29.9 Å². The molecule has 2 aliphatic rings. The van der Waals surface area contributed by atoms with E-state index in [0.717, 1.165) is 47.5 Å². The first-order chi connectivity index (χ1) is 31.2. The fourth-order valence-electron chi connectivity index (χ4n) is 10.3. The van der Waals surface area contributed by atoms with Crippen LogP contribution in [-0.4, -0.2) is 24.1 Å². The van der Waals surface area contributed by atoms with Crippen molar-refractivity contribution in [1.29, 1.82) is 0 Å². The van der Waals surface area contributed by atoms with Crippen LogP contribution < -0.4 is 0 Å². The van der Waals surface area contributed by atoms with Crippen molar-refractivity contribution in [3.63, 3.8) is 0 Å². The van der Waals surface area contributed by atoms with E-state index in [1.165, 1.54) is 90.0 Å². The molecular formula is C56H35N5S2. The van der Waals surface area contributed by atoms with Crippen LogP contribution in [0, 0.1) is 0 Å². The highest BCUT2D eigenvalue weighted by molar-refractivity contribution is 7.26. The van der Waals surface area contributed by atoms with Crippen LogP contribution in [0.3, 0.4) is 0 Å². The van der Waals surface area contributed by atoms with E-state index in [9.17, 15) is 0 Å². The normalized spacial score (nSPS) is 13.8. The molecular weight excluding hydrogens is 807 g/mol. The molecule has 0 aliphatic heterocycles. The molecule has 0 amide bonds. The summed E-state index contributed by atoms with van der Waals surface area (Å²) < 4.78 is 9.91. The molecule has 0 fully saturated rings. The Morgan fingerprint density at radius 1 is 0.476 bits per heavy atom. The molecule has 5 nitrogen and oxygen atoms in total. The molecule has 14 rings (SSSR count). The highest BCUT2D eigenvalue weighted by Gasteiger charge is 2.26. The lowest BCUT2D eigenvalue weighted by Gasteiger charge is -2.15. The second-order valence-electron chi connectivity index (χ2n) is 16.6. The number of para-hydroxylation sites is 2. The fourth-order valence-corrected chi connectivity index (χ4v) is 12.6. The molecule has 7 heteroatoms. The van der Waals surface area contributed by atoms with Crippen molar-refractivity contribution in [3.05, 3.63) is 187 Å². The van der Waals surface area contributed by atoms with Crippen molar-refractivity contribution in [1.82, 2.24) is 24.1 Å². The van der Waals surface area contributed by atoms with E-state index < -0.39 is 0 Å². The number of hydrogen-bond donors (Lipinski definition) is 0. The van der Waals surface area contributed by atoms with Gasteiger partial charge in [0, 0.05) is 96.7 Å². The molecule has 7 aromatic carbocycles. The standard InChI is InChI=1S/C56H35N5S2/c1-3-14-33(15-4-1)54-57-55(34-26-29-49-41(30-34)37-18-8-11-24-47(37)62-49)59-56(58-54)42-31-36(32-50-51(42)40-20-9-12-25-48(40)63-50)61-43-22-10-7-19-38(43)52-46(61)28-27-45-53(52)39-21-13-23-44(39)60(45)35-16-5-2-6-17-35/h1-3,5-14,16-22,24-32H,4,15,23H2. The molecule has 2 aliphatic carbocycles. The van der Waals surface area contributed by atoms with Gasteiger partial charge < -0.3 is 9.13 Å². The van der Waals surface area contributed by atoms with E-state index in [0.29, 0.717) is 11.6 Å². The predicted molar refractivity (Wildman–Crippen MR) is 267 cm³/mol. The van der Waals surface area contributed by atoms with Gasteiger partial charge in [0.15, 0.2) is 17.5 Å². The zero-order valence-electron chi connectivity index (χ0n) is 33.9. The van der Waals surface area contributed by atoms with Gasteiger partial charge in [0.05, 0.1) is 16.6 Å². The summed E-state index contributed by atoms with van der Waals surface area (Å²) in [4.78, 5) is 16.1. The molecule has 5 heterocycles. The molecule has 12 aromatic rings. The Hall–Kier alpha value is -7.45. The number of fused-ring (bicyclic) bond motifs is 13. The monoisotopic (exact) mass is 841 g/mol. The third-order valence-electron chi connectivity index (χ3n) is 13.1. The van der Waals surface area contributed by atoms with Gasteiger partial charge in [-0.1, -0.05) is 103 Å². The minimum absolute atomic E-state index is 0.683. The van der Waals surface area contributed by atoms with Crippen molar-refractivity contribution in [2.24, 2.45) is 0 Å². The molecule has 296 valence electrons. The quantitative estimate of drug-likeness (QED) is 0.173. The molecule has 0 spiro atoms. The van der Waals surface area contributed by atoms with Crippen LogP contribution in [-0.2, 0) is 6.42 Å². The minimum Gasteiger partial charge on any atom is -0.313 e. The van der Waals surface area contributed by atoms with Gasteiger partial charge in [0.25, 0.3) is 0 Å². The number of thiophene rings is 2. The van der Waals surface area contributed by atoms with Crippen LogP contribution in [0.2, 0.25) is 0 Å². The Morgan fingerprint density at radius 2 is 1.19 bits per heavy atom. The predicted octanol–water partition coefficient (Wildman–Crippen LogP) is 15.3. The minimum atomic E-state index is 0.683. The Labute approximate surface area is 369 Å². The van der Waals surface area contributed by atoms with Gasteiger partial charge in [0.1, 0.15) is 0 Å². The van der Waals surface area contributed by atoms with Gasteiger partial charge in [-0.3, -0.25) is 0 Å². The number of benzene rings is 7. The summed E-state index contributed by atoms with van der Waals surface area (Å²) in [6.45, 7) is 0. The summed E-state index contributed by atoms with van der Waals surface area (Å²) in [5.74, 6) is 2.10. The van der Waals surface area contributed by atoms with E-state index in [1.807, 2.05) is 22.7 Å². The summed E-state index contributed by atoms with van der Waals surface area (Å²) in [6, 6.07) is 53.2. The van der Waals surface area contributed by atoms with Crippen LogP contribution in [0.15, 0.2) is 170 Å². The topological polar surface area (TPSA) is 48.5 Å². The fraction of sp³-hybridized carbons (Fsp3) is 0.0536. The molecule has 5 aromatic heterocycles. The zero-order chi connectivity index (χ0) is 41.2. The first kappa shape index (κ1) is 35.2. The van der Waals surface area contributed by atoms with Gasteiger partial charge in [-0.25, -0.2) is 15.0 Å². The second-order valence-corrected chi connectivity index (χ2v) is 18.8. The number of aromatic nitrogens is 5. The average Bonchev–Trinajstić information content (AvgIpc) is 4.17. The molecule has 0 atom stereocenters. The smallest absolute Gasteiger partial charge is 0.164 e. The largest absolute Gasteiger partial charge is 0.313 e. The number of allylic oxidation sites excluding steroid dienone is 5. The highest BCUT2D eigenvalue weighted by atomic mass is 32.1. The first-order valence-electron chi connectivity index (χ1n) is 21.5. The summed E-state index contributed by atoms with van der Waals surface area (Å²) in [5.41, 5.74) is 11.6. The number of hydrogen-bond acceptors (Lipinski definition) is 5. The van der Waals surface area contributed by atoms with Crippen molar-refractivity contribution in [2.45, 2.75) is 19.3 Å². The lowest BCUT2D eigenvalue weighted by molar-refractivity contribution is 0.978. The molecule has 0 saturated carbocycles. The molecule has 0 radical (unpaired) electrons. The van der Waals surface area contributed by atoms with Crippen molar-refractivity contribution in [3.8, 4) is 34.2 Å². The van der Waals surface area contributed by atoms with Crippen molar-refractivity contribution < 1.29 is 0 Å². The summed E-state index contributed by atoms with van der Waals surface area (Å²) in [5, 5.41) is 8.68. The SMILES string of the molecule is C1=CCCC(c2nc(-c3ccc4sc5ccccc5c4c3)nc(-c3cc(-n4c5ccccc5c5c6c7c(n(-c8ccccc8)c6ccc54)CC=C7)cc4sc5ccccc5c34)n2)=C1. The molecule has 0 unspecified atom stereocenters. The van der Waals surface area contributed by atoms with Crippen LogP contribution >= 0.6 is 22.7 Å². The Kier molecular flexibility index (Phi) is 7.55. The molecule has 0 saturated heterocycles. The Bertz CT molecular complexity index is 4000. The van der Waals surface area contributed by atoms with Crippen LogP contribution in [0.5, 0.6) is 0 Å². The van der Waals surface area contributed by atoms with Gasteiger partial charge in [-0.2, -0.15) is 0 Å². The average molecular weight is 842 g/mol. The van der Waals surface area contributed by atoms with E-state index >= 15 is 0 Å². The number of rotatable bonds is 5. The van der Waals surface area contributed by atoms with Crippen LogP contribution in [0.4, 0.5) is 0 Å². The van der Waals surface area contributed by atoms with E-state index in [1.54, 1.807) is 0 Å². The van der Waals surface area contributed by atoms with E-state index in [2.05, 4.69) is 185 Å². The zero-order valence-corrected chi connectivity index (χ0v) is 35.6. The van der Waals surface area contributed by atoms with E-state index in [4.69, 9.17) is 15.0 Å². The Balaban J connectivity index is 1.05. The summed E-state index contributed by atoms with van der Waals surface area (Å²) in [7, 11) is 0. The highest BCUT2D eigenvalue weighted by Crippen LogP contribution is 2.46. The van der Waals surface area contributed by atoms with Crippen LogP contribution in [0.25, 0.3) is 119 Å². The maximum atomic E-state index is 5.46. The third-order valence-corrected chi connectivity index (χ3v) is 15.3. The van der Waals surface area contributed by atoms with Gasteiger partial charge >= 0.3 is 0 Å². The van der Waals surface area contributed by atoms with Gasteiger partial charge in [-0.05, 0) is 91.2 Å². The maximum absolute atomic E-state index is 5.46. The lowest BCUT2D eigenvalue weighted by Crippen LogP contribution is -2.04. The maximum Gasteiger partial charge on any atom is 0.164 e. The number of nitrogens with zero attached hydrogens (tertiary/aromatic N) is 5. The second kappa shape index (κ2) is 13.5. The summed E-state index contributed by atoms with van der Waals surface area (Å²) in [6.07, 6.45) is 13.9. The van der Waals surface area contributed by atoms with Gasteiger partial charge in [0.2, 0.25) is 0 Å².